The summed E-state index contributed by atoms with van der Waals surface area (Å²) in [5.74, 6) is 2.49. The van der Waals surface area contributed by atoms with Gasteiger partial charge in [-0.2, -0.15) is 11.8 Å². The van der Waals surface area contributed by atoms with Crippen molar-refractivity contribution in [3.8, 4) is 0 Å². The molecule has 1 aromatic rings. The third kappa shape index (κ3) is 5.27. The average Bonchev–Trinajstić information content (AvgIpc) is 2.49. The summed E-state index contributed by atoms with van der Waals surface area (Å²) in [6.45, 7) is 1.96. The van der Waals surface area contributed by atoms with Gasteiger partial charge in [0.15, 0.2) is 0 Å². The number of hydrogen-bond acceptors (Lipinski definition) is 2. The first-order valence-corrected chi connectivity index (χ1v) is 8.41. The number of benzene rings is 1. The molecule has 1 amide bonds. The van der Waals surface area contributed by atoms with Crippen LogP contribution in [0.15, 0.2) is 30.3 Å². The van der Waals surface area contributed by atoms with Crippen LogP contribution in [0, 0.1) is 0 Å². The Bertz CT molecular complexity index is 374. The van der Waals surface area contributed by atoms with Crippen molar-refractivity contribution < 1.29 is 4.79 Å². The second-order valence-electron chi connectivity index (χ2n) is 5.08. The zero-order chi connectivity index (χ0) is 13.3. The first kappa shape index (κ1) is 14.4. The highest BCUT2D eigenvalue weighted by atomic mass is 32.2. The fourth-order valence-corrected chi connectivity index (χ4v) is 3.31. The van der Waals surface area contributed by atoms with Crippen molar-refractivity contribution in [1.82, 2.24) is 4.90 Å². The van der Waals surface area contributed by atoms with Gasteiger partial charge in [0.25, 0.3) is 0 Å². The molecule has 1 aliphatic rings. The summed E-state index contributed by atoms with van der Waals surface area (Å²) in [6, 6.07) is 10.5. The molecule has 2 rings (SSSR count). The predicted molar refractivity (Wildman–Crippen MR) is 82.3 cm³/mol. The molecule has 1 aromatic carbocycles. The molecular formula is C16H23NOS. The molecule has 1 fully saturated rings. The van der Waals surface area contributed by atoms with E-state index in [4.69, 9.17) is 0 Å². The quantitative estimate of drug-likeness (QED) is 0.739. The molecule has 0 N–H and O–H groups in total. The molecule has 2 nitrogen and oxygen atoms in total. The van der Waals surface area contributed by atoms with Crippen LogP contribution in [-0.2, 0) is 10.5 Å². The summed E-state index contributed by atoms with van der Waals surface area (Å²) in [5.41, 5.74) is 1.37. The molecule has 0 aromatic heterocycles. The van der Waals surface area contributed by atoms with E-state index < -0.39 is 0 Å². The molecule has 0 spiro atoms. The van der Waals surface area contributed by atoms with E-state index in [0.717, 1.165) is 37.4 Å². The van der Waals surface area contributed by atoms with Gasteiger partial charge in [0.05, 0.1) is 0 Å². The van der Waals surface area contributed by atoms with Gasteiger partial charge in [-0.1, -0.05) is 30.3 Å². The molecule has 104 valence electrons. The van der Waals surface area contributed by atoms with Crippen LogP contribution in [0.2, 0.25) is 0 Å². The Morgan fingerprint density at radius 1 is 1.11 bits per heavy atom. The summed E-state index contributed by atoms with van der Waals surface area (Å²) in [5, 5.41) is 0. The number of nitrogens with zero attached hydrogens (tertiary/aromatic N) is 1. The first-order chi connectivity index (χ1) is 9.36. The Morgan fingerprint density at radius 3 is 2.58 bits per heavy atom. The van der Waals surface area contributed by atoms with Crippen LogP contribution >= 0.6 is 11.8 Å². The SMILES string of the molecule is O=C(CCCSCc1ccccc1)N1CCCCC1. The molecule has 0 unspecified atom stereocenters. The molecule has 3 heteroatoms. The molecule has 0 atom stereocenters. The van der Waals surface area contributed by atoms with Gasteiger partial charge in [-0.25, -0.2) is 0 Å². The van der Waals surface area contributed by atoms with Crippen molar-refractivity contribution >= 4 is 17.7 Å². The van der Waals surface area contributed by atoms with Gasteiger partial charge in [-0.15, -0.1) is 0 Å². The fraction of sp³-hybridized carbons (Fsp3) is 0.562. The Hall–Kier alpha value is -0.960. The Balaban J connectivity index is 1.55. The van der Waals surface area contributed by atoms with Gasteiger partial charge >= 0.3 is 0 Å². The summed E-state index contributed by atoms with van der Waals surface area (Å²) in [7, 11) is 0. The van der Waals surface area contributed by atoms with Crippen LogP contribution in [0.4, 0.5) is 0 Å². The topological polar surface area (TPSA) is 20.3 Å². The maximum atomic E-state index is 11.9. The third-order valence-electron chi connectivity index (χ3n) is 3.50. The second kappa shape index (κ2) is 8.26. The minimum absolute atomic E-state index is 0.361. The number of carbonyl (C=O) groups is 1. The van der Waals surface area contributed by atoms with Gasteiger partial charge in [0.1, 0.15) is 0 Å². The lowest BCUT2D eigenvalue weighted by Crippen LogP contribution is -2.35. The highest BCUT2D eigenvalue weighted by Gasteiger charge is 2.15. The Kier molecular flexibility index (Phi) is 6.28. The lowest BCUT2D eigenvalue weighted by Gasteiger charge is -2.26. The maximum Gasteiger partial charge on any atom is 0.222 e. The summed E-state index contributed by atoms with van der Waals surface area (Å²) < 4.78 is 0. The van der Waals surface area contributed by atoms with E-state index in [1.165, 1.54) is 24.8 Å². The Labute approximate surface area is 120 Å². The maximum absolute atomic E-state index is 11.9. The standard InChI is InChI=1S/C16H23NOS/c18-16(17-11-5-2-6-12-17)10-7-13-19-14-15-8-3-1-4-9-15/h1,3-4,8-9H,2,5-7,10-14H2. The van der Waals surface area contributed by atoms with Crippen molar-refractivity contribution in [2.75, 3.05) is 18.8 Å². The largest absolute Gasteiger partial charge is 0.343 e. The van der Waals surface area contributed by atoms with Crippen molar-refractivity contribution in [2.24, 2.45) is 0 Å². The number of likely N-dealkylation sites (tertiary alicyclic amines) is 1. The van der Waals surface area contributed by atoms with Crippen LogP contribution < -0.4 is 0 Å². The fourth-order valence-electron chi connectivity index (χ4n) is 2.39. The second-order valence-corrected chi connectivity index (χ2v) is 6.19. The third-order valence-corrected chi connectivity index (χ3v) is 4.61. The molecule has 0 radical (unpaired) electrons. The number of amides is 1. The van der Waals surface area contributed by atoms with Crippen molar-refractivity contribution in [3.05, 3.63) is 35.9 Å². The number of hydrogen-bond donors (Lipinski definition) is 0. The van der Waals surface area contributed by atoms with E-state index in [1.54, 1.807) is 0 Å². The van der Waals surface area contributed by atoms with Crippen LogP contribution in [0.1, 0.15) is 37.7 Å². The van der Waals surface area contributed by atoms with Crippen molar-refractivity contribution in [3.63, 3.8) is 0 Å². The first-order valence-electron chi connectivity index (χ1n) is 7.26. The summed E-state index contributed by atoms with van der Waals surface area (Å²) in [6.07, 6.45) is 5.40. The number of carbonyl (C=O) groups excluding carboxylic acids is 1. The zero-order valence-corrected chi connectivity index (χ0v) is 12.3. The van der Waals surface area contributed by atoms with E-state index in [1.807, 2.05) is 22.7 Å². The highest BCUT2D eigenvalue weighted by Crippen LogP contribution is 2.15. The lowest BCUT2D eigenvalue weighted by atomic mass is 10.1. The number of thioether (sulfide) groups is 1. The predicted octanol–water partition coefficient (Wildman–Crippen LogP) is 3.71. The summed E-state index contributed by atoms with van der Waals surface area (Å²) >= 11 is 1.92. The monoisotopic (exact) mass is 277 g/mol. The molecule has 1 saturated heterocycles. The molecular weight excluding hydrogens is 254 g/mol. The van der Waals surface area contributed by atoms with Gasteiger partial charge in [0, 0.05) is 25.3 Å². The van der Waals surface area contributed by atoms with Crippen LogP contribution in [-0.4, -0.2) is 29.6 Å². The van der Waals surface area contributed by atoms with Crippen LogP contribution in [0.3, 0.4) is 0 Å². The van der Waals surface area contributed by atoms with Gasteiger partial charge in [-0.3, -0.25) is 4.79 Å². The average molecular weight is 277 g/mol. The molecule has 19 heavy (non-hydrogen) atoms. The van der Waals surface area contributed by atoms with E-state index in [9.17, 15) is 4.79 Å². The highest BCUT2D eigenvalue weighted by molar-refractivity contribution is 7.98. The molecule has 0 saturated carbocycles. The van der Waals surface area contributed by atoms with E-state index in [2.05, 4.69) is 24.3 Å². The van der Waals surface area contributed by atoms with Crippen LogP contribution in [0.25, 0.3) is 0 Å². The lowest BCUT2D eigenvalue weighted by molar-refractivity contribution is -0.132. The molecule has 0 bridgehead atoms. The molecule has 1 heterocycles. The van der Waals surface area contributed by atoms with Gasteiger partial charge in [0.2, 0.25) is 5.91 Å². The number of rotatable bonds is 6. The Morgan fingerprint density at radius 2 is 1.84 bits per heavy atom. The van der Waals surface area contributed by atoms with Crippen molar-refractivity contribution in [2.45, 2.75) is 37.9 Å². The van der Waals surface area contributed by atoms with Crippen molar-refractivity contribution in [1.29, 1.82) is 0 Å². The smallest absolute Gasteiger partial charge is 0.222 e. The minimum atomic E-state index is 0.361. The summed E-state index contributed by atoms with van der Waals surface area (Å²) in [4.78, 5) is 14.0. The zero-order valence-electron chi connectivity index (χ0n) is 11.5. The van der Waals surface area contributed by atoms with E-state index >= 15 is 0 Å². The molecule has 0 aliphatic carbocycles. The normalized spacial score (nSPS) is 15.5. The van der Waals surface area contributed by atoms with E-state index in [0.29, 0.717) is 5.91 Å². The number of piperidine rings is 1. The van der Waals surface area contributed by atoms with Gasteiger partial charge in [-0.05, 0) is 37.0 Å². The van der Waals surface area contributed by atoms with Crippen LogP contribution in [0.5, 0.6) is 0 Å². The molecule has 1 aliphatic heterocycles. The minimum Gasteiger partial charge on any atom is -0.343 e. The van der Waals surface area contributed by atoms with E-state index in [-0.39, 0.29) is 0 Å². The van der Waals surface area contributed by atoms with Gasteiger partial charge < -0.3 is 4.90 Å².